The summed E-state index contributed by atoms with van der Waals surface area (Å²) < 4.78 is 0. The maximum Gasteiger partial charge on any atom is 0.269 e. The maximum absolute atomic E-state index is 12.4. The predicted molar refractivity (Wildman–Crippen MR) is 91.0 cm³/mol. The SMILES string of the molecule is Cc1ccccc1N1OC2C(=O)NC(=O)C2C1c1cccc([N+](=O)[O-])c1. The summed E-state index contributed by atoms with van der Waals surface area (Å²) in [5, 5.41) is 15.0. The van der Waals surface area contributed by atoms with Crippen LogP contribution in [-0.2, 0) is 14.4 Å². The monoisotopic (exact) mass is 353 g/mol. The van der Waals surface area contributed by atoms with Gasteiger partial charge in [0.2, 0.25) is 5.91 Å². The van der Waals surface area contributed by atoms with Crippen LogP contribution in [0.15, 0.2) is 48.5 Å². The normalized spacial score (nSPS) is 24.5. The average Bonchev–Trinajstić information content (AvgIpc) is 3.14. The lowest BCUT2D eigenvalue weighted by molar-refractivity contribution is -0.384. The van der Waals surface area contributed by atoms with E-state index in [1.54, 1.807) is 12.1 Å². The molecule has 0 radical (unpaired) electrons. The number of imide groups is 1. The third-order valence-corrected chi connectivity index (χ3v) is 4.73. The van der Waals surface area contributed by atoms with E-state index in [4.69, 9.17) is 4.84 Å². The van der Waals surface area contributed by atoms with Crippen LogP contribution in [0, 0.1) is 23.0 Å². The molecule has 0 bridgehead atoms. The Labute approximate surface area is 148 Å². The summed E-state index contributed by atoms with van der Waals surface area (Å²) in [5.41, 5.74) is 2.06. The minimum Gasteiger partial charge on any atom is -0.294 e. The quantitative estimate of drug-likeness (QED) is 0.515. The van der Waals surface area contributed by atoms with Crippen LogP contribution < -0.4 is 10.4 Å². The molecule has 0 saturated carbocycles. The summed E-state index contributed by atoms with van der Waals surface area (Å²) in [6, 6.07) is 12.8. The number of hydrogen-bond donors (Lipinski definition) is 1. The number of nitrogens with one attached hydrogen (secondary N) is 1. The number of non-ortho nitro benzene ring substituents is 1. The summed E-state index contributed by atoms with van der Waals surface area (Å²) in [6.07, 6.45) is -0.952. The van der Waals surface area contributed by atoms with Gasteiger partial charge in [0.15, 0.2) is 6.10 Å². The summed E-state index contributed by atoms with van der Waals surface area (Å²) in [5.74, 6) is -1.71. The summed E-state index contributed by atoms with van der Waals surface area (Å²) >= 11 is 0. The van der Waals surface area contributed by atoms with E-state index in [9.17, 15) is 19.7 Å². The number of anilines is 1. The number of amides is 2. The molecule has 2 amide bonds. The van der Waals surface area contributed by atoms with Gasteiger partial charge in [0, 0.05) is 12.1 Å². The average molecular weight is 353 g/mol. The molecule has 2 aliphatic heterocycles. The molecule has 2 saturated heterocycles. The van der Waals surface area contributed by atoms with E-state index < -0.39 is 34.8 Å². The van der Waals surface area contributed by atoms with Crippen LogP contribution in [0.4, 0.5) is 11.4 Å². The first-order chi connectivity index (χ1) is 12.5. The molecule has 0 aromatic heterocycles. The smallest absolute Gasteiger partial charge is 0.269 e. The number of rotatable bonds is 3. The number of nitrogens with zero attached hydrogens (tertiary/aromatic N) is 2. The van der Waals surface area contributed by atoms with Crippen LogP contribution in [0.3, 0.4) is 0 Å². The lowest BCUT2D eigenvalue weighted by atomic mass is 9.90. The van der Waals surface area contributed by atoms with Crippen LogP contribution in [0.2, 0.25) is 0 Å². The number of hydrogen-bond acceptors (Lipinski definition) is 6. The molecule has 26 heavy (non-hydrogen) atoms. The van der Waals surface area contributed by atoms with Gasteiger partial charge in [-0.2, -0.15) is 0 Å². The number of nitro benzene ring substituents is 1. The Bertz CT molecular complexity index is 929. The molecule has 0 aliphatic carbocycles. The number of nitro groups is 1. The van der Waals surface area contributed by atoms with Crippen molar-refractivity contribution >= 4 is 23.2 Å². The molecule has 2 aromatic carbocycles. The fraction of sp³-hybridized carbons (Fsp3) is 0.222. The number of benzene rings is 2. The fourth-order valence-corrected chi connectivity index (χ4v) is 3.52. The highest BCUT2D eigenvalue weighted by Crippen LogP contribution is 2.45. The second-order valence-corrected chi connectivity index (χ2v) is 6.31. The topological polar surface area (TPSA) is 102 Å². The Kier molecular flexibility index (Phi) is 3.69. The van der Waals surface area contributed by atoms with Crippen molar-refractivity contribution in [3.8, 4) is 0 Å². The van der Waals surface area contributed by atoms with Crippen molar-refractivity contribution in [2.45, 2.75) is 19.1 Å². The zero-order valence-corrected chi connectivity index (χ0v) is 13.8. The molecule has 8 nitrogen and oxygen atoms in total. The molecule has 3 unspecified atom stereocenters. The number of para-hydroxylation sites is 1. The van der Waals surface area contributed by atoms with Crippen molar-refractivity contribution in [1.82, 2.24) is 5.32 Å². The zero-order chi connectivity index (χ0) is 18.4. The van der Waals surface area contributed by atoms with Crippen molar-refractivity contribution in [2.24, 2.45) is 5.92 Å². The van der Waals surface area contributed by atoms with Crippen molar-refractivity contribution in [3.05, 3.63) is 69.8 Å². The Morgan fingerprint density at radius 1 is 1.12 bits per heavy atom. The van der Waals surface area contributed by atoms with Gasteiger partial charge in [-0.25, -0.2) is 5.06 Å². The summed E-state index contributed by atoms with van der Waals surface area (Å²) in [7, 11) is 0. The van der Waals surface area contributed by atoms with E-state index in [-0.39, 0.29) is 5.69 Å². The number of carbonyl (C=O) groups excluding carboxylic acids is 2. The van der Waals surface area contributed by atoms with Gasteiger partial charge in [0.25, 0.3) is 11.6 Å². The number of aryl methyl sites for hydroxylation is 1. The van der Waals surface area contributed by atoms with E-state index in [0.717, 1.165) is 5.56 Å². The standard InChI is InChI=1S/C18H15N3O5/c1-10-5-2-3-8-13(10)20-15(11-6-4-7-12(9-11)21(24)25)14-16(26-20)18(23)19-17(14)22/h2-9,14-16H,1H3,(H,19,22,23). The minimum atomic E-state index is -0.952. The van der Waals surface area contributed by atoms with Gasteiger partial charge in [-0.1, -0.05) is 30.3 Å². The van der Waals surface area contributed by atoms with Gasteiger partial charge >= 0.3 is 0 Å². The summed E-state index contributed by atoms with van der Waals surface area (Å²) in [6.45, 7) is 1.89. The molecule has 1 N–H and O–H groups in total. The van der Waals surface area contributed by atoms with Crippen molar-refractivity contribution in [3.63, 3.8) is 0 Å². The molecule has 2 aromatic rings. The molecular weight excluding hydrogens is 338 g/mol. The molecule has 4 rings (SSSR count). The molecule has 2 aliphatic rings. The first-order valence-corrected chi connectivity index (χ1v) is 8.08. The van der Waals surface area contributed by atoms with Crippen LogP contribution in [0.25, 0.3) is 0 Å². The first kappa shape index (κ1) is 16.2. The van der Waals surface area contributed by atoms with Gasteiger partial charge in [-0.15, -0.1) is 0 Å². The van der Waals surface area contributed by atoms with Gasteiger partial charge in [-0.05, 0) is 24.1 Å². The molecule has 0 spiro atoms. The zero-order valence-electron chi connectivity index (χ0n) is 13.8. The van der Waals surface area contributed by atoms with Crippen LogP contribution in [-0.4, -0.2) is 22.8 Å². The Morgan fingerprint density at radius 2 is 1.88 bits per heavy atom. The van der Waals surface area contributed by atoms with Gasteiger partial charge < -0.3 is 0 Å². The lowest BCUT2D eigenvalue weighted by Gasteiger charge is -2.28. The highest BCUT2D eigenvalue weighted by atomic mass is 16.7. The van der Waals surface area contributed by atoms with Gasteiger partial charge in [0.05, 0.1) is 16.7 Å². The van der Waals surface area contributed by atoms with Crippen LogP contribution in [0.5, 0.6) is 0 Å². The minimum absolute atomic E-state index is 0.0829. The van der Waals surface area contributed by atoms with E-state index in [0.29, 0.717) is 11.3 Å². The largest absolute Gasteiger partial charge is 0.294 e. The molecule has 8 heteroatoms. The molecule has 3 atom stereocenters. The van der Waals surface area contributed by atoms with E-state index in [1.807, 2.05) is 31.2 Å². The lowest BCUT2D eigenvalue weighted by Crippen LogP contribution is -2.33. The number of carbonyl (C=O) groups is 2. The van der Waals surface area contributed by atoms with Gasteiger partial charge in [-0.3, -0.25) is 29.9 Å². The molecule has 132 valence electrons. The van der Waals surface area contributed by atoms with Crippen molar-refractivity contribution in [1.29, 1.82) is 0 Å². The highest BCUT2D eigenvalue weighted by molar-refractivity contribution is 6.07. The summed E-state index contributed by atoms with van der Waals surface area (Å²) in [4.78, 5) is 40.9. The molecule has 2 fully saturated rings. The Balaban J connectivity index is 1.85. The highest BCUT2D eigenvalue weighted by Gasteiger charge is 2.56. The van der Waals surface area contributed by atoms with Gasteiger partial charge in [0.1, 0.15) is 5.92 Å². The molecule has 2 heterocycles. The number of hydroxylamine groups is 1. The van der Waals surface area contributed by atoms with Crippen LogP contribution in [0.1, 0.15) is 17.2 Å². The Hall–Kier alpha value is -3.26. The maximum atomic E-state index is 12.4. The second kappa shape index (κ2) is 5.92. The van der Waals surface area contributed by atoms with E-state index in [1.165, 1.54) is 17.2 Å². The Morgan fingerprint density at radius 3 is 2.62 bits per heavy atom. The fourth-order valence-electron chi connectivity index (χ4n) is 3.52. The second-order valence-electron chi connectivity index (χ2n) is 6.31. The van der Waals surface area contributed by atoms with Crippen molar-refractivity contribution < 1.29 is 19.3 Å². The van der Waals surface area contributed by atoms with Crippen LogP contribution >= 0.6 is 0 Å². The first-order valence-electron chi connectivity index (χ1n) is 8.08. The third kappa shape index (κ3) is 2.42. The van der Waals surface area contributed by atoms with Crippen molar-refractivity contribution in [2.75, 3.05) is 5.06 Å². The van der Waals surface area contributed by atoms with E-state index >= 15 is 0 Å². The third-order valence-electron chi connectivity index (χ3n) is 4.73. The molecular formula is C18H15N3O5. The number of fused-ring (bicyclic) bond motifs is 1. The van der Waals surface area contributed by atoms with E-state index in [2.05, 4.69) is 5.32 Å². The predicted octanol–water partition coefficient (Wildman–Crippen LogP) is 2.04.